The van der Waals surface area contributed by atoms with Crippen LogP contribution in [-0.4, -0.2) is 31.4 Å². The molecule has 4 rings (SSSR count). The molecule has 0 bridgehead atoms. The molecule has 10 heteroatoms. The first-order chi connectivity index (χ1) is 18.3. The zero-order valence-corrected chi connectivity index (χ0v) is 22.3. The van der Waals surface area contributed by atoms with Gasteiger partial charge in [0.25, 0.3) is 5.91 Å². The molecule has 0 aromatic heterocycles. The van der Waals surface area contributed by atoms with E-state index >= 15 is 0 Å². The SMILES string of the molecule is O=C(CN(Cc1ccc(Cl)cc1Cl)S(=O)(=O)c1ccccc1)N/N=C\c1cccc(Oc2ccccc2)c1. The van der Waals surface area contributed by atoms with E-state index in [4.69, 9.17) is 27.9 Å². The molecule has 1 amide bonds. The number of nitrogens with zero attached hydrogens (tertiary/aromatic N) is 2. The molecule has 4 aromatic rings. The summed E-state index contributed by atoms with van der Waals surface area (Å²) < 4.78 is 33.6. The summed E-state index contributed by atoms with van der Waals surface area (Å²) in [6.45, 7) is -0.617. The molecular formula is C28H23Cl2N3O4S. The number of carbonyl (C=O) groups is 1. The summed E-state index contributed by atoms with van der Waals surface area (Å²) in [7, 11) is -4.02. The monoisotopic (exact) mass is 567 g/mol. The highest BCUT2D eigenvalue weighted by Crippen LogP contribution is 2.25. The predicted molar refractivity (Wildman–Crippen MR) is 149 cm³/mol. The maximum Gasteiger partial charge on any atom is 0.255 e. The lowest BCUT2D eigenvalue weighted by Gasteiger charge is -2.22. The van der Waals surface area contributed by atoms with Gasteiger partial charge in [0.2, 0.25) is 10.0 Å². The molecule has 0 aliphatic heterocycles. The Bertz CT molecular complexity index is 1530. The van der Waals surface area contributed by atoms with E-state index in [1.807, 2.05) is 30.3 Å². The molecule has 0 aliphatic carbocycles. The molecule has 4 aromatic carbocycles. The van der Waals surface area contributed by atoms with Gasteiger partial charge in [-0.15, -0.1) is 0 Å². The smallest absolute Gasteiger partial charge is 0.255 e. The van der Waals surface area contributed by atoms with Gasteiger partial charge in [0.15, 0.2) is 0 Å². The van der Waals surface area contributed by atoms with Gasteiger partial charge in [0.1, 0.15) is 11.5 Å². The summed E-state index contributed by atoms with van der Waals surface area (Å²) in [6, 6.07) is 29.1. The molecule has 0 saturated carbocycles. The number of benzene rings is 4. The lowest BCUT2D eigenvalue weighted by atomic mass is 10.2. The van der Waals surface area contributed by atoms with Crippen LogP contribution in [0.3, 0.4) is 0 Å². The number of halogens is 2. The third kappa shape index (κ3) is 7.43. The van der Waals surface area contributed by atoms with Crippen molar-refractivity contribution < 1.29 is 17.9 Å². The van der Waals surface area contributed by atoms with Crippen LogP contribution in [-0.2, 0) is 21.4 Å². The summed E-state index contributed by atoms with van der Waals surface area (Å²) in [4.78, 5) is 12.8. The molecule has 1 N–H and O–H groups in total. The minimum atomic E-state index is -4.02. The molecule has 0 heterocycles. The number of rotatable bonds is 10. The summed E-state index contributed by atoms with van der Waals surface area (Å²) >= 11 is 12.3. The molecule has 0 saturated heterocycles. The number of amides is 1. The third-order valence-electron chi connectivity index (χ3n) is 5.30. The van der Waals surface area contributed by atoms with E-state index in [-0.39, 0.29) is 11.4 Å². The molecule has 0 atom stereocenters. The van der Waals surface area contributed by atoms with E-state index in [1.54, 1.807) is 54.6 Å². The van der Waals surface area contributed by atoms with Crippen LogP contribution in [0.25, 0.3) is 0 Å². The van der Waals surface area contributed by atoms with E-state index in [0.717, 1.165) is 4.31 Å². The average molecular weight is 568 g/mol. The Morgan fingerprint density at radius 1 is 0.868 bits per heavy atom. The van der Waals surface area contributed by atoms with Crippen LogP contribution in [0.1, 0.15) is 11.1 Å². The van der Waals surface area contributed by atoms with E-state index in [9.17, 15) is 13.2 Å². The molecular weight excluding hydrogens is 545 g/mol. The summed E-state index contributed by atoms with van der Waals surface area (Å²) in [5, 5.41) is 4.70. The van der Waals surface area contributed by atoms with Crippen LogP contribution in [0.15, 0.2) is 113 Å². The van der Waals surface area contributed by atoms with Gasteiger partial charge in [0, 0.05) is 16.6 Å². The largest absolute Gasteiger partial charge is 0.457 e. The number of sulfonamides is 1. The molecule has 38 heavy (non-hydrogen) atoms. The Hall–Kier alpha value is -3.69. The fourth-order valence-corrected chi connectivity index (χ4v) is 5.33. The van der Waals surface area contributed by atoms with E-state index in [2.05, 4.69) is 10.5 Å². The van der Waals surface area contributed by atoms with Crippen molar-refractivity contribution in [1.82, 2.24) is 9.73 Å². The fourth-order valence-electron chi connectivity index (χ4n) is 3.46. The first kappa shape index (κ1) is 27.3. The highest BCUT2D eigenvalue weighted by molar-refractivity contribution is 7.89. The summed E-state index contributed by atoms with van der Waals surface area (Å²) in [6.07, 6.45) is 1.45. The van der Waals surface area contributed by atoms with Crippen molar-refractivity contribution in [2.24, 2.45) is 5.10 Å². The van der Waals surface area contributed by atoms with E-state index in [0.29, 0.717) is 32.7 Å². The maximum absolute atomic E-state index is 13.4. The summed E-state index contributed by atoms with van der Waals surface area (Å²) in [5.74, 6) is 0.671. The molecule has 0 aliphatic rings. The van der Waals surface area contributed by atoms with Crippen LogP contribution in [0, 0.1) is 0 Å². The molecule has 0 radical (unpaired) electrons. The van der Waals surface area contributed by atoms with Crippen molar-refractivity contribution in [3.05, 3.63) is 124 Å². The van der Waals surface area contributed by atoms with Gasteiger partial charge in [-0.3, -0.25) is 4.79 Å². The van der Waals surface area contributed by atoms with Gasteiger partial charge in [-0.25, -0.2) is 13.8 Å². The van der Waals surface area contributed by atoms with Crippen molar-refractivity contribution in [3.8, 4) is 11.5 Å². The second-order valence-electron chi connectivity index (χ2n) is 8.10. The topological polar surface area (TPSA) is 88.1 Å². The lowest BCUT2D eigenvalue weighted by Crippen LogP contribution is -2.39. The Kier molecular flexibility index (Phi) is 9.15. The highest BCUT2D eigenvalue weighted by atomic mass is 35.5. The summed E-state index contributed by atoms with van der Waals surface area (Å²) in [5.41, 5.74) is 3.58. The fraction of sp³-hybridized carbons (Fsp3) is 0.0714. The van der Waals surface area contributed by atoms with Crippen LogP contribution >= 0.6 is 23.2 Å². The molecule has 0 unspecified atom stereocenters. The first-order valence-corrected chi connectivity index (χ1v) is 13.6. The number of hydrogen-bond acceptors (Lipinski definition) is 5. The minimum Gasteiger partial charge on any atom is -0.457 e. The predicted octanol–water partition coefficient (Wildman–Crippen LogP) is 6.13. The van der Waals surface area contributed by atoms with Crippen LogP contribution < -0.4 is 10.2 Å². The van der Waals surface area contributed by atoms with Crippen molar-refractivity contribution >= 4 is 45.3 Å². The number of nitrogens with one attached hydrogen (secondary N) is 1. The van der Waals surface area contributed by atoms with E-state index in [1.165, 1.54) is 24.4 Å². The molecule has 0 fully saturated rings. The normalized spacial score (nSPS) is 11.6. The average Bonchev–Trinajstić information content (AvgIpc) is 2.91. The van der Waals surface area contributed by atoms with Gasteiger partial charge in [-0.1, -0.05) is 77.8 Å². The van der Waals surface area contributed by atoms with Gasteiger partial charge < -0.3 is 4.74 Å². The van der Waals surface area contributed by atoms with Gasteiger partial charge in [-0.2, -0.15) is 9.41 Å². The van der Waals surface area contributed by atoms with Gasteiger partial charge in [0.05, 0.1) is 17.7 Å². The second-order valence-corrected chi connectivity index (χ2v) is 10.9. The lowest BCUT2D eigenvalue weighted by molar-refractivity contribution is -0.121. The standard InChI is InChI=1S/C28H23Cl2N3O4S/c29-23-15-14-22(27(30)17-23)19-33(38(35,36)26-12-5-2-6-13-26)20-28(34)32-31-18-21-8-7-11-25(16-21)37-24-9-3-1-4-10-24/h1-18H,19-20H2,(H,32,34)/b31-18-. The molecule has 194 valence electrons. The van der Waals surface area contributed by atoms with Crippen LogP contribution in [0.2, 0.25) is 10.0 Å². The number of carbonyl (C=O) groups excluding carboxylic acids is 1. The Labute approximate surface area is 231 Å². The van der Waals surface area contributed by atoms with Gasteiger partial charge >= 0.3 is 0 Å². The molecule has 0 spiro atoms. The van der Waals surface area contributed by atoms with Crippen molar-refractivity contribution in [3.63, 3.8) is 0 Å². The number of hydrazone groups is 1. The number of para-hydroxylation sites is 1. The number of hydrogen-bond donors (Lipinski definition) is 1. The zero-order chi connectivity index (χ0) is 27.0. The quantitative estimate of drug-likeness (QED) is 0.184. The maximum atomic E-state index is 13.4. The minimum absolute atomic E-state index is 0.0524. The van der Waals surface area contributed by atoms with Crippen molar-refractivity contribution in [2.45, 2.75) is 11.4 Å². The van der Waals surface area contributed by atoms with Crippen LogP contribution in [0.5, 0.6) is 11.5 Å². The van der Waals surface area contributed by atoms with Crippen molar-refractivity contribution in [1.29, 1.82) is 0 Å². The molecule has 7 nitrogen and oxygen atoms in total. The third-order valence-corrected chi connectivity index (χ3v) is 7.70. The Balaban J connectivity index is 1.47. The number of ether oxygens (including phenoxy) is 1. The first-order valence-electron chi connectivity index (χ1n) is 11.5. The van der Waals surface area contributed by atoms with Gasteiger partial charge in [-0.05, 0) is 59.7 Å². The van der Waals surface area contributed by atoms with Crippen molar-refractivity contribution in [2.75, 3.05) is 6.54 Å². The Morgan fingerprint density at radius 2 is 1.55 bits per heavy atom. The highest BCUT2D eigenvalue weighted by Gasteiger charge is 2.27. The van der Waals surface area contributed by atoms with E-state index < -0.39 is 22.5 Å². The van der Waals surface area contributed by atoms with Crippen LogP contribution in [0.4, 0.5) is 0 Å². The zero-order valence-electron chi connectivity index (χ0n) is 20.0. The second kappa shape index (κ2) is 12.7. The Morgan fingerprint density at radius 3 is 2.26 bits per heavy atom.